The zero-order valence-corrected chi connectivity index (χ0v) is 30.9. The number of carboxylic acid groups (broad SMARTS) is 1. The maximum absolute atomic E-state index is 12.6. The Bertz CT molecular complexity index is 834. The first-order chi connectivity index (χ1) is 22.6. The van der Waals surface area contributed by atoms with Gasteiger partial charge in [0.1, 0.15) is 12.6 Å². The first kappa shape index (κ1) is 44.8. The van der Waals surface area contributed by atoms with Gasteiger partial charge in [0.15, 0.2) is 6.10 Å². The Morgan fingerprint density at radius 2 is 1.13 bits per heavy atom. The van der Waals surface area contributed by atoms with E-state index in [9.17, 15) is 19.5 Å². The van der Waals surface area contributed by atoms with Gasteiger partial charge in [-0.15, -0.1) is 0 Å². The molecule has 0 radical (unpaired) electrons. The first-order valence-corrected chi connectivity index (χ1v) is 18.9. The van der Waals surface area contributed by atoms with Crippen LogP contribution in [0.1, 0.15) is 155 Å². The maximum Gasteiger partial charge on any atom is 0.306 e. The van der Waals surface area contributed by atoms with Crippen molar-refractivity contribution in [2.75, 3.05) is 41.0 Å². The summed E-state index contributed by atoms with van der Waals surface area (Å²) in [5.41, 5.74) is 0. The molecule has 0 saturated carbocycles. The number of allylic oxidation sites excluding steroid dienone is 4. The lowest BCUT2D eigenvalue weighted by atomic mass is 10.1. The van der Waals surface area contributed by atoms with Crippen molar-refractivity contribution in [3.05, 3.63) is 24.3 Å². The van der Waals surface area contributed by atoms with E-state index in [4.69, 9.17) is 14.2 Å². The third-order valence-corrected chi connectivity index (χ3v) is 8.34. The van der Waals surface area contributed by atoms with Gasteiger partial charge in [-0.1, -0.05) is 115 Å². The summed E-state index contributed by atoms with van der Waals surface area (Å²) in [6.07, 6.45) is 31.1. The fraction of sp³-hybridized carbons (Fsp3) is 0.821. The van der Waals surface area contributed by atoms with Crippen LogP contribution in [0.2, 0.25) is 0 Å². The highest BCUT2D eigenvalue weighted by atomic mass is 16.6. The maximum atomic E-state index is 12.6. The van der Waals surface area contributed by atoms with Gasteiger partial charge in [0.25, 0.3) is 0 Å². The molecule has 0 rings (SSSR count). The Morgan fingerprint density at radius 3 is 1.68 bits per heavy atom. The van der Waals surface area contributed by atoms with E-state index in [1.54, 1.807) is 21.1 Å². The second kappa shape index (κ2) is 31.1. The average molecular weight is 666 g/mol. The van der Waals surface area contributed by atoms with E-state index in [-0.39, 0.29) is 42.7 Å². The lowest BCUT2D eigenvalue weighted by molar-refractivity contribution is -0.889. The van der Waals surface area contributed by atoms with Gasteiger partial charge in [0.05, 0.1) is 40.3 Å². The smallest absolute Gasteiger partial charge is 0.306 e. The Labute approximate surface area is 288 Å². The highest BCUT2D eigenvalue weighted by Gasteiger charge is 2.25. The molecular formula is C39H71NO7. The summed E-state index contributed by atoms with van der Waals surface area (Å²) in [6, 6.07) is -0.721. The van der Waals surface area contributed by atoms with Crippen molar-refractivity contribution in [2.45, 2.75) is 167 Å². The van der Waals surface area contributed by atoms with Crippen LogP contribution in [0.5, 0.6) is 0 Å². The number of likely N-dealkylation sites (N-methyl/N-ethyl adjacent to an activating group) is 1. The van der Waals surface area contributed by atoms with Crippen LogP contribution in [0, 0.1) is 0 Å². The van der Waals surface area contributed by atoms with Crippen LogP contribution in [0.25, 0.3) is 0 Å². The average Bonchev–Trinajstić information content (AvgIpc) is 3.02. The molecule has 2 unspecified atom stereocenters. The van der Waals surface area contributed by atoms with Crippen molar-refractivity contribution in [2.24, 2.45) is 0 Å². The molecule has 0 aromatic heterocycles. The van der Waals surface area contributed by atoms with Crippen LogP contribution in [0.3, 0.4) is 0 Å². The van der Waals surface area contributed by atoms with E-state index < -0.39 is 18.1 Å². The lowest BCUT2D eigenvalue weighted by Gasteiger charge is -2.34. The van der Waals surface area contributed by atoms with E-state index in [0.29, 0.717) is 12.8 Å². The molecule has 2 atom stereocenters. The van der Waals surface area contributed by atoms with Crippen molar-refractivity contribution < 1.29 is 38.2 Å². The van der Waals surface area contributed by atoms with Crippen molar-refractivity contribution in [1.82, 2.24) is 0 Å². The minimum absolute atomic E-state index is 0.0403. The fourth-order valence-electron chi connectivity index (χ4n) is 5.33. The quantitative estimate of drug-likeness (QED) is 0.0303. The lowest BCUT2D eigenvalue weighted by Crippen LogP contribution is -2.55. The summed E-state index contributed by atoms with van der Waals surface area (Å²) < 4.78 is 16.9. The van der Waals surface area contributed by atoms with Crippen molar-refractivity contribution in [3.63, 3.8) is 0 Å². The van der Waals surface area contributed by atoms with Crippen LogP contribution in [0.15, 0.2) is 24.3 Å². The number of unbranched alkanes of at least 4 members (excludes halogenated alkanes) is 15. The number of aliphatic carboxylic acids is 1. The number of ether oxygens (including phenoxy) is 3. The molecule has 0 amide bonds. The third kappa shape index (κ3) is 29.7. The molecule has 0 N–H and O–H groups in total. The zero-order chi connectivity index (χ0) is 35.0. The van der Waals surface area contributed by atoms with Gasteiger partial charge in [0, 0.05) is 19.3 Å². The molecule has 8 nitrogen and oxygen atoms in total. The Kier molecular flexibility index (Phi) is 29.7. The minimum Gasteiger partial charge on any atom is -0.544 e. The monoisotopic (exact) mass is 666 g/mol. The van der Waals surface area contributed by atoms with E-state index in [1.807, 2.05) is 0 Å². The predicted molar refractivity (Wildman–Crippen MR) is 190 cm³/mol. The SMILES string of the molecule is CCCCC/C=C\C/C=C\CCCCCCCCCCCC(=O)OC(COCCC(C(=O)[O-])[N+](C)(C)C)COC(=O)CCCCCC. The van der Waals surface area contributed by atoms with E-state index in [0.717, 1.165) is 51.4 Å². The second-order valence-corrected chi connectivity index (χ2v) is 13.8. The van der Waals surface area contributed by atoms with E-state index >= 15 is 0 Å². The Balaban J connectivity index is 4.19. The fourth-order valence-corrected chi connectivity index (χ4v) is 5.33. The van der Waals surface area contributed by atoms with Gasteiger partial charge >= 0.3 is 11.9 Å². The number of carbonyl (C=O) groups is 3. The highest BCUT2D eigenvalue weighted by Crippen LogP contribution is 2.13. The molecule has 47 heavy (non-hydrogen) atoms. The van der Waals surface area contributed by atoms with Crippen LogP contribution in [-0.2, 0) is 28.6 Å². The molecule has 0 spiro atoms. The number of rotatable bonds is 33. The summed E-state index contributed by atoms with van der Waals surface area (Å²) >= 11 is 0. The van der Waals surface area contributed by atoms with E-state index in [2.05, 4.69) is 38.2 Å². The van der Waals surface area contributed by atoms with Crippen molar-refractivity contribution in [3.8, 4) is 0 Å². The standard InChI is InChI=1S/C39H71NO7/c1-6-8-10-12-13-14-15-16-17-18-19-20-21-22-23-24-25-26-28-30-38(42)47-35(34-46-37(41)29-27-11-9-7-2)33-45-32-31-36(39(43)44)40(3,4)5/h13-14,16-17,35-36H,6-12,15,18-34H2,1-5H3/b14-13-,17-16-. The third-order valence-electron chi connectivity index (χ3n) is 8.34. The first-order valence-electron chi connectivity index (χ1n) is 18.9. The zero-order valence-electron chi connectivity index (χ0n) is 30.9. The van der Waals surface area contributed by atoms with Crippen LogP contribution < -0.4 is 5.11 Å². The molecule has 0 bridgehead atoms. The molecular weight excluding hydrogens is 594 g/mol. The summed E-state index contributed by atoms with van der Waals surface area (Å²) in [5, 5.41) is 11.5. The number of carbonyl (C=O) groups excluding carboxylic acids is 3. The highest BCUT2D eigenvalue weighted by molar-refractivity contribution is 5.70. The molecule has 0 aliphatic carbocycles. The normalized spacial score (nSPS) is 13.3. The number of quaternary nitrogens is 1. The molecule has 274 valence electrons. The molecule has 0 aromatic carbocycles. The number of hydrogen-bond acceptors (Lipinski definition) is 7. The molecule has 0 heterocycles. The minimum atomic E-state index is -1.13. The number of carboxylic acids is 1. The Hall–Kier alpha value is -2.19. The molecule has 0 aliphatic heterocycles. The van der Waals surface area contributed by atoms with Crippen LogP contribution in [-0.4, -0.2) is 75.5 Å². The van der Waals surface area contributed by atoms with Gasteiger partial charge < -0.3 is 28.6 Å². The summed E-state index contributed by atoms with van der Waals surface area (Å²) in [7, 11) is 5.38. The van der Waals surface area contributed by atoms with Gasteiger partial charge in [0.2, 0.25) is 0 Å². The van der Waals surface area contributed by atoms with Gasteiger partial charge in [-0.3, -0.25) is 9.59 Å². The molecule has 0 fully saturated rings. The van der Waals surface area contributed by atoms with E-state index in [1.165, 1.54) is 70.6 Å². The largest absolute Gasteiger partial charge is 0.544 e. The number of nitrogens with zero attached hydrogens (tertiary/aromatic N) is 1. The molecule has 8 heteroatoms. The number of esters is 2. The summed E-state index contributed by atoms with van der Waals surface area (Å²) in [6.45, 7) is 4.50. The van der Waals surface area contributed by atoms with Crippen molar-refractivity contribution >= 4 is 17.9 Å². The van der Waals surface area contributed by atoms with Gasteiger partial charge in [-0.25, -0.2) is 0 Å². The summed E-state index contributed by atoms with van der Waals surface area (Å²) in [5.74, 6) is -1.76. The Morgan fingerprint density at radius 1 is 0.638 bits per heavy atom. The topological polar surface area (TPSA) is 102 Å². The van der Waals surface area contributed by atoms with Gasteiger partial charge in [-0.05, 0) is 44.9 Å². The summed E-state index contributed by atoms with van der Waals surface area (Å²) in [4.78, 5) is 36.3. The van der Waals surface area contributed by atoms with Crippen LogP contribution >= 0.6 is 0 Å². The molecule has 0 aliphatic rings. The van der Waals surface area contributed by atoms with Crippen molar-refractivity contribution in [1.29, 1.82) is 0 Å². The predicted octanol–water partition coefficient (Wildman–Crippen LogP) is 8.02. The molecule has 0 saturated heterocycles. The molecule has 0 aromatic rings. The van der Waals surface area contributed by atoms with Gasteiger partial charge in [-0.2, -0.15) is 0 Å². The second-order valence-electron chi connectivity index (χ2n) is 13.8. The number of hydrogen-bond donors (Lipinski definition) is 0. The van der Waals surface area contributed by atoms with Crippen LogP contribution in [0.4, 0.5) is 0 Å².